The van der Waals surface area contributed by atoms with Gasteiger partial charge in [-0.15, -0.1) is 0 Å². The van der Waals surface area contributed by atoms with Crippen molar-refractivity contribution in [1.82, 2.24) is 5.32 Å². The van der Waals surface area contributed by atoms with Crippen molar-refractivity contribution in [3.05, 3.63) is 68.7 Å². The third-order valence-corrected chi connectivity index (χ3v) is 4.21. The van der Waals surface area contributed by atoms with Gasteiger partial charge >= 0.3 is 0 Å². The van der Waals surface area contributed by atoms with Crippen molar-refractivity contribution in [2.24, 2.45) is 0 Å². The van der Waals surface area contributed by atoms with E-state index >= 15 is 0 Å². The normalized spacial score (nSPS) is 15.3. The average molecular weight is 346 g/mol. The van der Waals surface area contributed by atoms with Gasteiger partial charge in [-0.25, -0.2) is 0 Å². The van der Waals surface area contributed by atoms with Gasteiger partial charge in [0.05, 0.1) is 0 Å². The van der Waals surface area contributed by atoms with Crippen LogP contribution in [0.25, 0.3) is 0 Å². The van der Waals surface area contributed by atoms with Crippen molar-refractivity contribution in [1.29, 1.82) is 0 Å². The molecule has 3 rings (SSSR count). The fourth-order valence-corrected chi connectivity index (χ4v) is 3.34. The second kappa shape index (κ2) is 5.62. The van der Waals surface area contributed by atoms with Crippen molar-refractivity contribution in [3.8, 4) is 0 Å². The number of nitrogens with one attached hydrogen (secondary N) is 1. The largest absolute Gasteiger partial charge is 0.384 e. The highest BCUT2D eigenvalue weighted by atomic mass is 79.9. The highest BCUT2D eigenvalue weighted by molar-refractivity contribution is 9.10. The van der Waals surface area contributed by atoms with Gasteiger partial charge in [0.15, 0.2) is 0 Å². The highest BCUT2D eigenvalue weighted by Gasteiger charge is 2.19. The number of hydrogen-bond donors (Lipinski definition) is 2. The number of carbonyl (C=O) groups excluding carboxylic acids is 1. The molecule has 0 spiro atoms. The summed E-state index contributed by atoms with van der Waals surface area (Å²) in [6.45, 7) is 2.67. The third kappa shape index (κ3) is 2.87. The number of aliphatic hydroxyl groups excluding tert-OH is 1. The Balaban J connectivity index is 2.00. The van der Waals surface area contributed by atoms with Gasteiger partial charge in [-0.1, -0.05) is 34.1 Å². The zero-order valence-corrected chi connectivity index (χ0v) is 13.3. The molecule has 3 nitrogen and oxygen atoms in total. The Morgan fingerprint density at radius 2 is 2.00 bits per heavy atom. The average Bonchev–Trinajstić information content (AvgIpc) is 2.45. The minimum Gasteiger partial charge on any atom is -0.384 e. The van der Waals surface area contributed by atoms with Crippen LogP contribution < -0.4 is 5.32 Å². The standard InChI is InChI=1S/C17H16BrNO2/c1-10-6-13(8-14(18)7-10)16(20)12-3-2-11-4-5-19-17(21)15(11)9-12/h2-3,6-9,16,20H,4-5H2,1H3,(H,19,21). The van der Waals surface area contributed by atoms with Gasteiger partial charge in [-0.2, -0.15) is 0 Å². The second-order valence-electron chi connectivity index (χ2n) is 5.39. The fourth-order valence-electron chi connectivity index (χ4n) is 2.71. The Bertz CT molecular complexity index is 692. The molecule has 0 fully saturated rings. The SMILES string of the molecule is Cc1cc(Br)cc(C(O)c2ccc3c(c2)C(=O)NCC3)c1. The summed E-state index contributed by atoms with van der Waals surface area (Å²) in [5, 5.41) is 13.4. The number of hydrogen-bond acceptors (Lipinski definition) is 2. The Kier molecular flexibility index (Phi) is 3.83. The molecular weight excluding hydrogens is 330 g/mol. The Labute approximate surface area is 132 Å². The first kappa shape index (κ1) is 14.3. The number of aliphatic hydroxyl groups is 1. The smallest absolute Gasteiger partial charge is 0.251 e. The summed E-state index contributed by atoms with van der Waals surface area (Å²) in [7, 11) is 0. The predicted octanol–water partition coefficient (Wildman–Crippen LogP) is 3.13. The maximum absolute atomic E-state index is 11.9. The molecule has 2 aromatic rings. The third-order valence-electron chi connectivity index (χ3n) is 3.75. The summed E-state index contributed by atoms with van der Waals surface area (Å²) in [6, 6.07) is 11.5. The van der Waals surface area contributed by atoms with Crippen molar-refractivity contribution in [3.63, 3.8) is 0 Å². The van der Waals surface area contributed by atoms with E-state index in [1.165, 1.54) is 0 Å². The van der Waals surface area contributed by atoms with E-state index in [0.717, 1.165) is 33.1 Å². The number of rotatable bonds is 2. The second-order valence-corrected chi connectivity index (χ2v) is 6.30. The number of aryl methyl sites for hydroxylation is 1. The molecule has 0 saturated carbocycles. The maximum Gasteiger partial charge on any atom is 0.251 e. The van der Waals surface area contributed by atoms with Crippen molar-refractivity contribution < 1.29 is 9.90 Å². The molecule has 1 atom stereocenters. The first-order valence-electron chi connectivity index (χ1n) is 6.91. The summed E-state index contributed by atoms with van der Waals surface area (Å²) < 4.78 is 0.937. The van der Waals surface area contributed by atoms with Crippen molar-refractivity contribution in [2.75, 3.05) is 6.54 Å². The number of halogens is 1. The highest BCUT2D eigenvalue weighted by Crippen LogP contribution is 2.28. The molecular formula is C17H16BrNO2. The molecule has 0 aliphatic carbocycles. The predicted molar refractivity (Wildman–Crippen MR) is 85.4 cm³/mol. The van der Waals surface area contributed by atoms with Crippen LogP contribution in [0.2, 0.25) is 0 Å². The van der Waals surface area contributed by atoms with E-state index in [-0.39, 0.29) is 5.91 Å². The lowest BCUT2D eigenvalue weighted by Crippen LogP contribution is -2.31. The minimum atomic E-state index is -0.735. The van der Waals surface area contributed by atoms with Gasteiger partial charge in [0.2, 0.25) is 0 Å². The summed E-state index contributed by atoms with van der Waals surface area (Å²) in [4.78, 5) is 11.9. The van der Waals surface area contributed by atoms with Gasteiger partial charge in [0.1, 0.15) is 6.10 Å². The maximum atomic E-state index is 11.9. The van der Waals surface area contributed by atoms with E-state index in [1.807, 2.05) is 37.3 Å². The summed E-state index contributed by atoms with van der Waals surface area (Å²) in [6.07, 6.45) is 0.106. The number of carbonyl (C=O) groups is 1. The molecule has 108 valence electrons. The molecule has 1 aliphatic rings. The van der Waals surface area contributed by atoms with Crippen LogP contribution in [0.1, 0.15) is 38.7 Å². The van der Waals surface area contributed by atoms with E-state index < -0.39 is 6.10 Å². The summed E-state index contributed by atoms with van der Waals surface area (Å²) in [5.74, 6) is -0.0595. The molecule has 2 aromatic carbocycles. The van der Waals surface area contributed by atoms with Crippen molar-refractivity contribution >= 4 is 21.8 Å². The summed E-state index contributed by atoms with van der Waals surface area (Å²) >= 11 is 3.45. The van der Waals surface area contributed by atoms with Crippen LogP contribution in [0.5, 0.6) is 0 Å². The lowest BCUT2D eigenvalue weighted by molar-refractivity contribution is 0.0945. The van der Waals surface area contributed by atoms with E-state index in [2.05, 4.69) is 21.2 Å². The van der Waals surface area contributed by atoms with Crippen LogP contribution in [-0.4, -0.2) is 17.6 Å². The Hall–Kier alpha value is -1.65. The van der Waals surface area contributed by atoms with Crippen LogP contribution in [0.4, 0.5) is 0 Å². The molecule has 21 heavy (non-hydrogen) atoms. The molecule has 4 heteroatoms. The molecule has 2 N–H and O–H groups in total. The quantitative estimate of drug-likeness (QED) is 0.878. The van der Waals surface area contributed by atoms with E-state index in [1.54, 1.807) is 6.07 Å². The molecule has 1 aliphatic heterocycles. The first-order valence-corrected chi connectivity index (χ1v) is 7.70. The zero-order chi connectivity index (χ0) is 15.0. The monoisotopic (exact) mass is 345 g/mol. The molecule has 0 aromatic heterocycles. The molecule has 0 radical (unpaired) electrons. The minimum absolute atomic E-state index is 0.0595. The zero-order valence-electron chi connectivity index (χ0n) is 11.7. The molecule has 1 heterocycles. The van der Waals surface area contributed by atoms with Crippen LogP contribution in [-0.2, 0) is 6.42 Å². The lowest BCUT2D eigenvalue weighted by atomic mass is 9.93. The first-order chi connectivity index (χ1) is 10.0. The van der Waals surface area contributed by atoms with Crippen LogP contribution in [0.15, 0.2) is 40.9 Å². The van der Waals surface area contributed by atoms with E-state index in [4.69, 9.17) is 0 Å². The molecule has 0 bridgehead atoms. The molecule has 1 amide bonds. The fraction of sp³-hybridized carbons (Fsp3) is 0.235. The van der Waals surface area contributed by atoms with Gasteiger partial charge in [-0.05, 0) is 53.8 Å². The summed E-state index contributed by atoms with van der Waals surface area (Å²) in [5.41, 5.74) is 4.35. The van der Waals surface area contributed by atoms with Crippen LogP contribution >= 0.6 is 15.9 Å². The van der Waals surface area contributed by atoms with Gasteiger partial charge in [0.25, 0.3) is 5.91 Å². The van der Waals surface area contributed by atoms with E-state index in [0.29, 0.717) is 12.1 Å². The number of fused-ring (bicyclic) bond motifs is 1. The van der Waals surface area contributed by atoms with Crippen LogP contribution in [0.3, 0.4) is 0 Å². The van der Waals surface area contributed by atoms with Crippen molar-refractivity contribution in [2.45, 2.75) is 19.4 Å². The van der Waals surface area contributed by atoms with Crippen LogP contribution in [0, 0.1) is 6.92 Å². The molecule has 1 unspecified atom stereocenters. The van der Waals surface area contributed by atoms with Gasteiger partial charge < -0.3 is 10.4 Å². The van der Waals surface area contributed by atoms with Gasteiger partial charge in [-0.3, -0.25) is 4.79 Å². The molecule has 0 saturated heterocycles. The lowest BCUT2D eigenvalue weighted by Gasteiger charge is -2.19. The van der Waals surface area contributed by atoms with E-state index in [9.17, 15) is 9.90 Å². The van der Waals surface area contributed by atoms with Gasteiger partial charge in [0, 0.05) is 16.6 Å². The topological polar surface area (TPSA) is 49.3 Å². The Morgan fingerprint density at radius 1 is 1.19 bits per heavy atom. The number of amides is 1. The number of benzene rings is 2. The Morgan fingerprint density at radius 3 is 2.76 bits per heavy atom.